The summed E-state index contributed by atoms with van der Waals surface area (Å²) in [5.74, 6) is -1.04. The lowest BCUT2D eigenvalue weighted by Crippen LogP contribution is -2.33. The van der Waals surface area contributed by atoms with Crippen LogP contribution in [0.4, 0.5) is 27.1 Å². The normalized spacial score (nSPS) is 17.0. The Labute approximate surface area is 174 Å². The minimum atomic E-state index is -0.809. The zero-order chi connectivity index (χ0) is 21.1. The summed E-state index contributed by atoms with van der Waals surface area (Å²) in [4.78, 5) is 42.8. The lowest BCUT2D eigenvalue weighted by molar-refractivity contribution is -0.125. The highest BCUT2D eigenvalue weighted by molar-refractivity contribution is 6.18. The summed E-state index contributed by atoms with van der Waals surface area (Å²) < 4.78 is 15.0. The molecule has 0 atom stereocenters. The number of carbonyl (C=O) groups is 2. The van der Waals surface area contributed by atoms with E-state index in [1.54, 1.807) is 29.2 Å². The van der Waals surface area contributed by atoms with E-state index in [1.165, 1.54) is 54.9 Å². The number of isocyanates is 1. The molecule has 30 heavy (non-hydrogen) atoms. The summed E-state index contributed by atoms with van der Waals surface area (Å²) >= 11 is 0. The Morgan fingerprint density at radius 1 is 0.967 bits per heavy atom. The molecule has 2 aliphatic rings. The van der Waals surface area contributed by atoms with E-state index in [1.807, 2.05) is 0 Å². The standard InChI is InChI=1S/C23H22FN3O3/c24-23-17(25-15-28)8-5-11-20(23)27-19-10-4-3-9-18(19)26(21(29)14-22(27)30)13-12-16-6-1-2-7-16/h3-5,8-11,16H,1-2,6-7,12-14H2. The highest BCUT2D eigenvalue weighted by Gasteiger charge is 2.34. The van der Waals surface area contributed by atoms with Gasteiger partial charge in [0.1, 0.15) is 12.1 Å². The number of anilines is 3. The molecule has 2 aromatic rings. The number of aliphatic imine (C=N–C) groups is 1. The largest absolute Gasteiger partial charge is 0.310 e. The van der Waals surface area contributed by atoms with Crippen LogP contribution >= 0.6 is 0 Å². The van der Waals surface area contributed by atoms with Gasteiger partial charge >= 0.3 is 0 Å². The van der Waals surface area contributed by atoms with Crippen LogP contribution in [0.3, 0.4) is 0 Å². The number of hydrogen-bond acceptors (Lipinski definition) is 4. The molecule has 1 fully saturated rings. The second kappa shape index (κ2) is 8.59. The predicted octanol–water partition coefficient (Wildman–Crippen LogP) is 4.77. The first-order valence-electron chi connectivity index (χ1n) is 10.2. The van der Waals surface area contributed by atoms with Crippen LogP contribution in [-0.4, -0.2) is 24.4 Å². The van der Waals surface area contributed by atoms with Gasteiger partial charge in [-0.05, 0) is 36.6 Å². The molecule has 0 aromatic heterocycles. The van der Waals surface area contributed by atoms with Crippen molar-refractivity contribution in [1.82, 2.24) is 0 Å². The van der Waals surface area contributed by atoms with Crippen LogP contribution in [0.1, 0.15) is 38.5 Å². The van der Waals surface area contributed by atoms with E-state index in [0.717, 1.165) is 6.42 Å². The summed E-state index contributed by atoms with van der Waals surface area (Å²) in [5, 5.41) is 0. The third-order valence-electron chi connectivity index (χ3n) is 5.87. The van der Waals surface area contributed by atoms with Gasteiger partial charge in [0, 0.05) is 6.54 Å². The number of rotatable bonds is 5. The minimum absolute atomic E-state index is 0.0469. The zero-order valence-electron chi connectivity index (χ0n) is 16.5. The fourth-order valence-electron chi connectivity index (χ4n) is 4.39. The zero-order valence-corrected chi connectivity index (χ0v) is 16.5. The van der Waals surface area contributed by atoms with E-state index >= 15 is 4.39 Å². The molecule has 7 heteroatoms. The van der Waals surface area contributed by atoms with Gasteiger partial charge in [-0.15, -0.1) is 0 Å². The fraction of sp³-hybridized carbons (Fsp3) is 0.348. The quantitative estimate of drug-likeness (QED) is 0.407. The number of halogens is 1. The Bertz CT molecular complexity index is 1030. The van der Waals surface area contributed by atoms with Crippen LogP contribution in [0.15, 0.2) is 47.5 Å². The Kier molecular flexibility index (Phi) is 5.72. The Balaban J connectivity index is 1.76. The molecule has 1 heterocycles. The molecule has 2 aromatic carbocycles. The van der Waals surface area contributed by atoms with Crippen LogP contribution in [0, 0.1) is 11.7 Å². The molecular weight excluding hydrogens is 385 g/mol. The van der Waals surface area contributed by atoms with Crippen molar-refractivity contribution in [3.63, 3.8) is 0 Å². The average Bonchev–Trinajstić information content (AvgIpc) is 3.22. The van der Waals surface area contributed by atoms with Crippen molar-refractivity contribution < 1.29 is 18.8 Å². The molecule has 0 saturated heterocycles. The van der Waals surface area contributed by atoms with Crippen molar-refractivity contribution in [3.05, 3.63) is 48.3 Å². The maximum atomic E-state index is 15.0. The first kappa shape index (κ1) is 20.0. The number of nitrogens with zero attached hydrogens (tertiary/aromatic N) is 3. The number of hydrogen-bond donors (Lipinski definition) is 0. The first-order chi connectivity index (χ1) is 14.6. The fourth-order valence-corrected chi connectivity index (χ4v) is 4.39. The maximum absolute atomic E-state index is 15.0. The summed E-state index contributed by atoms with van der Waals surface area (Å²) in [6, 6.07) is 11.3. The average molecular weight is 407 g/mol. The number of amides is 2. The van der Waals surface area contributed by atoms with Gasteiger partial charge in [0.2, 0.25) is 17.9 Å². The van der Waals surface area contributed by atoms with Crippen molar-refractivity contribution >= 4 is 40.6 Å². The second-order valence-electron chi connectivity index (χ2n) is 7.69. The maximum Gasteiger partial charge on any atom is 0.241 e. The molecule has 4 rings (SSSR count). The SMILES string of the molecule is O=C=Nc1cccc(N2C(=O)CC(=O)N(CCC3CCCC3)c3ccccc32)c1F. The van der Waals surface area contributed by atoms with Gasteiger partial charge in [-0.1, -0.05) is 43.9 Å². The van der Waals surface area contributed by atoms with Gasteiger partial charge < -0.3 is 4.90 Å². The number of carbonyl (C=O) groups excluding carboxylic acids is 3. The third-order valence-corrected chi connectivity index (χ3v) is 5.87. The highest BCUT2D eigenvalue weighted by atomic mass is 19.1. The molecule has 1 saturated carbocycles. The van der Waals surface area contributed by atoms with Gasteiger partial charge in [0.15, 0.2) is 5.82 Å². The molecule has 154 valence electrons. The number of para-hydroxylation sites is 2. The number of benzene rings is 2. The monoisotopic (exact) mass is 407 g/mol. The van der Waals surface area contributed by atoms with Crippen molar-refractivity contribution in [2.75, 3.05) is 16.3 Å². The van der Waals surface area contributed by atoms with E-state index in [-0.39, 0.29) is 23.7 Å². The number of fused-ring (bicyclic) bond motifs is 1. The van der Waals surface area contributed by atoms with Crippen LogP contribution in [-0.2, 0) is 14.4 Å². The predicted molar refractivity (Wildman–Crippen MR) is 111 cm³/mol. The van der Waals surface area contributed by atoms with E-state index in [0.29, 0.717) is 23.8 Å². The van der Waals surface area contributed by atoms with E-state index in [9.17, 15) is 14.4 Å². The molecule has 1 aliphatic carbocycles. The second-order valence-corrected chi connectivity index (χ2v) is 7.69. The minimum Gasteiger partial charge on any atom is -0.310 e. The van der Waals surface area contributed by atoms with E-state index < -0.39 is 11.7 Å². The van der Waals surface area contributed by atoms with Crippen LogP contribution < -0.4 is 9.80 Å². The lowest BCUT2D eigenvalue weighted by atomic mass is 10.0. The van der Waals surface area contributed by atoms with Gasteiger partial charge in [-0.3, -0.25) is 14.5 Å². The molecule has 0 bridgehead atoms. The molecule has 1 aliphatic heterocycles. The molecule has 0 radical (unpaired) electrons. The Hall–Kier alpha value is -3.31. The molecule has 2 amide bonds. The Morgan fingerprint density at radius 2 is 1.67 bits per heavy atom. The van der Waals surface area contributed by atoms with Crippen LogP contribution in [0.2, 0.25) is 0 Å². The summed E-state index contributed by atoms with van der Waals surface area (Å²) in [7, 11) is 0. The molecular formula is C23H22FN3O3. The summed E-state index contributed by atoms with van der Waals surface area (Å²) in [6.45, 7) is 0.527. The van der Waals surface area contributed by atoms with Crippen LogP contribution in [0.25, 0.3) is 0 Å². The third kappa shape index (κ3) is 3.76. The van der Waals surface area contributed by atoms with E-state index in [4.69, 9.17) is 0 Å². The Morgan fingerprint density at radius 3 is 2.40 bits per heavy atom. The molecule has 6 nitrogen and oxygen atoms in total. The molecule has 0 unspecified atom stereocenters. The smallest absolute Gasteiger partial charge is 0.241 e. The lowest BCUT2D eigenvalue weighted by Gasteiger charge is -2.26. The van der Waals surface area contributed by atoms with Gasteiger partial charge in [-0.2, -0.15) is 4.99 Å². The van der Waals surface area contributed by atoms with Crippen molar-refractivity contribution in [3.8, 4) is 0 Å². The van der Waals surface area contributed by atoms with Gasteiger partial charge in [0.25, 0.3) is 0 Å². The van der Waals surface area contributed by atoms with Crippen molar-refractivity contribution in [1.29, 1.82) is 0 Å². The van der Waals surface area contributed by atoms with Gasteiger partial charge in [-0.25, -0.2) is 9.18 Å². The topological polar surface area (TPSA) is 70.0 Å². The molecule has 0 N–H and O–H groups in total. The van der Waals surface area contributed by atoms with Crippen molar-refractivity contribution in [2.24, 2.45) is 10.9 Å². The molecule has 0 spiro atoms. The van der Waals surface area contributed by atoms with Crippen molar-refractivity contribution in [2.45, 2.75) is 38.5 Å². The summed E-state index contributed by atoms with van der Waals surface area (Å²) in [5.41, 5.74) is 0.761. The first-order valence-corrected chi connectivity index (χ1v) is 10.2. The van der Waals surface area contributed by atoms with Crippen LogP contribution in [0.5, 0.6) is 0 Å². The summed E-state index contributed by atoms with van der Waals surface area (Å²) in [6.07, 6.45) is 6.63. The van der Waals surface area contributed by atoms with E-state index in [2.05, 4.69) is 4.99 Å². The highest BCUT2D eigenvalue weighted by Crippen LogP contribution is 2.41. The van der Waals surface area contributed by atoms with Gasteiger partial charge in [0.05, 0.1) is 17.1 Å².